The van der Waals surface area contributed by atoms with Crippen LogP contribution in [0.4, 0.5) is 0 Å². The first-order valence-corrected chi connectivity index (χ1v) is 21.3. The summed E-state index contributed by atoms with van der Waals surface area (Å²) in [6, 6.07) is 47.3. The summed E-state index contributed by atoms with van der Waals surface area (Å²) >= 11 is 0. The largest absolute Gasteiger partial charge is 1.00 e. The van der Waals surface area contributed by atoms with Crippen LogP contribution in [-0.2, 0) is 6.54 Å². The van der Waals surface area contributed by atoms with Gasteiger partial charge in [0.1, 0.15) is 23.0 Å². The molecule has 8 bridgehead atoms. The minimum absolute atomic E-state index is 0. The first kappa shape index (κ1) is 42.6. The van der Waals surface area contributed by atoms with Crippen LogP contribution in [0.2, 0.25) is 0 Å². The first-order valence-electron chi connectivity index (χ1n) is 21.3. The van der Waals surface area contributed by atoms with Crippen molar-refractivity contribution in [1.29, 1.82) is 0 Å². The summed E-state index contributed by atoms with van der Waals surface area (Å²) in [4.78, 5) is 18.5. The molecule has 0 saturated heterocycles. The number of methoxy groups -OCH3 is 3. The molecule has 0 radical (unpaired) electrons. The van der Waals surface area contributed by atoms with E-state index in [1.165, 1.54) is 0 Å². The number of benzene rings is 4. The van der Waals surface area contributed by atoms with E-state index >= 15 is 0 Å². The summed E-state index contributed by atoms with van der Waals surface area (Å²) in [5.41, 5.74) is 14.8. The van der Waals surface area contributed by atoms with Gasteiger partial charge in [0.25, 0.3) is 0 Å². The van der Waals surface area contributed by atoms with Crippen LogP contribution in [0.5, 0.6) is 23.0 Å². The third kappa shape index (κ3) is 8.81. The number of fused-ring (bicyclic) bond motifs is 8. The molecule has 0 spiro atoms. The van der Waals surface area contributed by atoms with Gasteiger partial charge in [0.05, 0.1) is 50.7 Å². The van der Waals surface area contributed by atoms with E-state index in [1.807, 2.05) is 66.7 Å². The fourth-order valence-corrected chi connectivity index (χ4v) is 8.43. The maximum Gasteiger partial charge on any atom is 0.168 e. The maximum absolute atomic E-state index is 6.23. The summed E-state index contributed by atoms with van der Waals surface area (Å²) < 4.78 is 25.1. The molecule has 322 valence electrons. The number of pyridine rings is 1. The topological polar surface area (TPSA) is 98.2 Å². The SMILES string of the molecule is COc1ccc(-c2c3nc(c(-c4ccc(OC)cc4)c4ccc([nH]4)c(-c4ccc(OCCC[n+]5ccccc5)cc4)c4nc(c(-c5ccc(OC)cc5)c5ccc2[nH]5)C=C4)C=C3)cc1.[Br-]. The van der Waals surface area contributed by atoms with E-state index in [9.17, 15) is 0 Å². The summed E-state index contributed by atoms with van der Waals surface area (Å²) in [7, 11) is 5.04. The molecule has 0 saturated carbocycles. The number of hydrogen-bond acceptors (Lipinski definition) is 6. The van der Waals surface area contributed by atoms with Gasteiger partial charge in [-0.25, -0.2) is 14.5 Å². The first-order chi connectivity index (χ1) is 31.5. The highest BCUT2D eigenvalue weighted by molar-refractivity contribution is 6.00. The zero-order valence-electron chi connectivity index (χ0n) is 36.2. The molecule has 2 aliphatic rings. The van der Waals surface area contributed by atoms with Crippen LogP contribution in [0.25, 0.3) is 90.9 Å². The van der Waals surface area contributed by atoms with Crippen molar-refractivity contribution < 1.29 is 40.5 Å². The van der Waals surface area contributed by atoms with Gasteiger partial charge < -0.3 is 45.9 Å². The monoisotopic (exact) mass is 919 g/mol. The number of aromatic amines is 2. The lowest BCUT2D eigenvalue weighted by Crippen LogP contribution is -3.00. The smallest absolute Gasteiger partial charge is 0.168 e. The number of rotatable bonds is 12. The van der Waals surface area contributed by atoms with Crippen molar-refractivity contribution >= 4 is 46.4 Å². The Labute approximate surface area is 388 Å². The number of H-pyrrole nitrogens is 2. The molecule has 0 aliphatic carbocycles. The second-order valence-corrected chi connectivity index (χ2v) is 15.5. The van der Waals surface area contributed by atoms with Crippen LogP contribution >= 0.6 is 0 Å². The summed E-state index contributed by atoms with van der Waals surface area (Å²) in [6.45, 7) is 1.49. The van der Waals surface area contributed by atoms with Crippen molar-refractivity contribution in [3.05, 3.63) is 175 Å². The Kier molecular flexibility index (Phi) is 12.4. The van der Waals surface area contributed by atoms with Crippen LogP contribution in [0, 0.1) is 0 Å². The maximum atomic E-state index is 6.23. The third-order valence-corrected chi connectivity index (χ3v) is 11.6. The van der Waals surface area contributed by atoms with Crippen LogP contribution in [0.3, 0.4) is 0 Å². The Hall–Kier alpha value is -7.69. The molecule has 6 heterocycles. The molecule has 2 N–H and O–H groups in total. The second-order valence-electron chi connectivity index (χ2n) is 15.5. The molecular weight excluding hydrogens is 875 g/mol. The summed E-state index contributed by atoms with van der Waals surface area (Å²) in [6.07, 6.45) is 13.5. The molecule has 0 unspecified atom stereocenters. The predicted molar refractivity (Wildman–Crippen MR) is 257 cm³/mol. The summed E-state index contributed by atoms with van der Waals surface area (Å²) in [5, 5.41) is 0. The van der Waals surface area contributed by atoms with Crippen LogP contribution in [0.15, 0.2) is 152 Å². The minimum Gasteiger partial charge on any atom is -1.00 e. The number of hydrogen-bond donors (Lipinski definition) is 2. The zero-order valence-corrected chi connectivity index (χ0v) is 37.8. The van der Waals surface area contributed by atoms with E-state index in [4.69, 9.17) is 28.9 Å². The second kappa shape index (κ2) is 19.0. The lowest BCUT2D eigenvalue weighted by atomic mass is 10.0. The van der Waals surface area contributed by atoms with Crippen molar-refractivity contribution in [2.45, 2.75) is 13.0 Å². The minimum atomic E-state index is 0. The van der Waals surface area contributed by atoms with Crippen molar-refractivity contribution in [2.24, 2.45) is 0 Å². The lowest BCUT2D eigenvalue weighted by Gasteiger charge is -2.09. The Morgan fingerprint density at radius 2 is 0.738 bits per heavy atom. The van der Waals surface area contributed by atoms with E-state index in [2.05, 4.69) is 124 Å². The Bertz CT molecular complexity index is 3150. The number of ether oxygens (including phenoxy) is 4. The zero-order chi connectivity index (χ0) is 43.4. The molecule has 4 aromatic heterocycles. The van der Waals surface area contributed by atoms with E-state index in [0.717, 1.165) is 125 Å². The average Bonchev–Trinajstić information content (AvgIpc) is 4.20. The number of nitrogens with zero attached hydrogens (tertiary/aromatic N) is 3. The molecular formula is C55H46BrN5O4. The van der Waals surface area contributed by atoms with Crippen LogP contribution in [0.1, 0.15) is 29.2 Å². The normalized spacial score (nSPS) is 11.6. The molecule has 10 heteroatoms. The van der Waals surface area contributed by atoms with E-state index < -0.39 is 0 Å². The standard InChI is InChI=1S/C55H46N5O4.BrH/c1-61-40-16-8-36(9-17-40)52-44-24-26-46(56-44)53(37-10-18-41(62-2)19-11-37)48-28-30-50(58-48)55(39-14-22-43(23-15-39)64-35-7-34-60-32-5-4-6-33-60)51-31-29-49(59-51)54(47-27-25-45(52)57-47)38-12-20-42(63-3)21-13-38;/h4-6,8-33,56,59H,7,34-35H2,1-3H3;1H/q+1;/p-1. The number of halogens is 1. The van der Waals surface area contributed by atoms with Crippen LogP contribution in [-0.4, -0.2) is 47.9 Å². The number of aryl methyl sites for hydroxylation is 1. The van der Waals surface area contributed by atoms with Gasteiger partial charge in [0.2, 0.25) is 0 Å². The predicted octanol–water partition coefficient (Wildman–Crippen LogP) is 9.11. The molecule has 0 atom stereocenters. The molecule has 9 nitrogen and oxygen atoms in total. The van der Waals surface area contributed by atoms with Gasteiger partial charge >= 0.3 is 0 Å². The quantitative estimate of drug-likeness (QED) is 0.0938. The van der Waals surface area contributed by atoms with Crippen molar-refractivity contribution in [1.82, 2.24) is 19.9 Å². The van der Waals surface area contributed by atoms with Crippen LogP contribution < -0.4 is 40.5 Å². The molecule has 0 fully saturated rings. The fourth-order valence-electron chi connectivity index (χ4n) is 8.43. The van der Waals surface area contributed by atoms with Gasteiger partial charge in [-0.15, -0.1) is 0 Å². The Morgan fingerprint density at radius 3 is 1.06 bits per heavy atom. The van der Waals surface area contributed by atoms with Gasteiger partial charge in [-0.3, -0.25) is 0 Å². The molecule has 10 rings (SSSR count). The van der Waals surface area contributed by atoms with E-state index in [1.54, 1.807) is 21.3 Å². The van der Waals surface area contributed by atoms with Gasteiger partial charge in [-0.1, -0.05) is 54.6 Å². The third-order valence-electron chi connectivity index (χ3n) is 11.6. The highest BCUT2D eigenvalue weighted by atomic mass is 79.9. The van der Waals surface area contributed by atoms with E-state index in [0.29, 0.717) is 6.61 Å². The molecule has 2 aliphatic heterocycles. The van der Waals surface area contributed by atoms with Gasteiger partial charge in [-0.05, 0) is 119 Å². The van der Waals surface area contributed by atoms with Gasteiger partial charge in [0.15, 0.2) is 18.9 Å². The average molecular weight is 921 g/mol. The van der Waals surface area contributed by atoms with Gasteiger partial charge in [-0.2, -0.15) is 0 Å². The van der Waals surface area contributed by atoms with Crippen molar-refractivity contribution in [2.75, 3.05) is 27.9 Å². The lowest BCUT2D eigenvalue weighted by molar-refractivity contribution is -0.697. The van der Waals surface area contributed by atoms with Crippen molar-refractivity contribution in [3.63, 3.8) is 0 Å². The fraction of sp³-hybridized carbons (Fsp3) is 0.109. The van der Waals surface area contributed by atoms with Crippen molar-refractivity contribution in [3.8, 4) is 67.5 Å². The number of nitrogens with one attached hydrogen (secondary N) is 2. The summed E-state index contributed by atoms with van der Waals surface area (Å²) in [5.74, 6) is 3.15. The highest BCUT2D eigenvalue weighted by Crippen LogP contribution is 2.39. The molecule has 8 aromatic rings. The van der Waals surface area contributed by atoms with E-state index in [-0.39, 0.29) is 17.0 Å². The number of aromatic nitrogens is 5. The molecule has 0 amide bonds. The highest BCUT2D eigenvalue weighted by Gasteiger charge is 2.19. The Balaban J connectivity index is 0.00000533. The molecule has 4 aromatic carbocycles. The Morgan fingerprint density at radius 1 is 0.415 bits per heavy atom. The van der Waals surface area contributed by atoms with Gasteiger partial charge in [0, 0.05) is 62.9 Å². The molecule has 65 heavy (non-hydrogen) atoms.